The van der Waals surface area contributed by atoms with E-state index in [2.05, 4.69) is 12.1 Å². The minimum atomic E-state index is -3.77. The van der Waals surface area contributed by atoms with Crippen LogP contribution in [0.5, 0.6) is 0 Å². The minimum Gasteiger partial charge on any atom is -0.465 e. The monoisotopic (exact) mass is 463 g/mol. The van der Waals surface area contributed by atoms with Crippen molar-refractivity contribution in [3.8, 4) is 0 Å². The number of amides is 1. The number of rotatable bonds is 5. The standard InChI is InChI=1S/C23H33N3O5S/c1-2-31-23(28)21-9-5-6-13-26(21)32(29,30)25-15-11-19(12-16-25)22(27)24-14-10-18-7-3-4-8-20(18)17-24/h3-4,7-8,19,21H,2,5-6,9-17H2,1H3/t21-/m0/s1. The smallest absolute Gasteiger partial charge is 0.324 e. The van der Waals surface area contributed by atoms with Crippen molar-refractivity contribution in [2.45, 2.75) is 58.0 Å². The summed E-state index contributed by atoms with van der Waals surface area (Å²) in [6.07, 6.45) is 3.91. The van der Waals surface area contributed by atoms with Gasteiger partial charge in [0.2, 0.25) is 5.91 Å². The molecule has 9 heteroatoms. The Kier molecular flexibility index (Phi) is 7.17. The van der Waals surface area contributed by atoms with Gasteiger partial charge in [-0.15, -0.1) is 0 Å². The summed E-state index contributed by atoms with van der Waals surface area (Å²) < 4.78 is 34.5. The molecule has 0 unspecified atom stereocenters. The van der Waals surface area contributed by atoms with Crippen LogP contribution < -0.4 is 0 Å². The van der Waals surface area contributed by atoms with Crippen LogP contribution in [0.25, 0.3) is 0 Å². The molecule has 1 aromatic rings. The number of fused-ring (bicyclic) bond motifs is 1. The highest BCUT2D eigenvalue weighted by Crippen LogP contribution is 2.29. The topological polar surface area (TPSA) is 87.2 Å². The van der Waals surface area contributed by atoms with Crippen LogP contribution in [-0.4, -0.2) is 72.6 Å². The molecule has 3 heterocycles. The molecule has 176 valence electrons. The van der Waals surface area contributed by atoms with Gasteiger partial charge >= 0.3 is 5.97 Å². The molecule has 0 N–H and O–H groups in total. The van der Waals surface area contributed by atoms with E-state index in [9.17, 15) is 18.0 Å². The van der Waals surface area contributed by atoms with E-state index in [1.807, 2.05) is 17.0 Å². The number of ether oxygens (including phenoxy) is 1. The number of carbonyl (C=O) groups excluding carboxylic acids is 2. The normalized spacial score (nSPS) is 23.5. The Morgan fingerprint density at radius 3 is 2.44 bits per heavy atom. The number of nitrogens with zero attached hydrogens (tertiary/aromatic N) is 3. The van der Waals surface area contributed by atoms with Crippen molar-refractivity contribution in [1.29, 1.82) is 0 Å². The zero-order valence-corrected chi connectivity index (χ0v) is 19.6. The van der Waals surface area contributed by atoms with Crippen LogP contribution in [0.4, 0.5) is 0 Å². The Morgan fingerprint density at radius 2 is 1.72 bits per heavy atom. The third kappa shape index (κ3) is 4.70. The molecule has 32 heavy (non-hydrogen) atoms. The first-order valence-electron chi connectivity index (χ1n) is 11.7. The lowest BCUT2D eigenvalue weighted by Crippen LogP contribution is -2.55. The van der Waals surface area contributed by atoms with Crippen LogP contribution in [0.1, 0.15) is 50.2 Å². The SMILES string of the molecule is CCOC(=O)[C@@H]1CCCCN1S(=O)(=O)N1CCC(C(=O)N2CCc3ccccc3C2)CC1. The maximum atomic E-state index is 13.3. The predicted molar refractivity (Wildman–Crippen MR) is 120 cm³/mol. The number of piperidine rings is 2. The zero-order valence-electron chi connectivity index (χ0n) is 18.7. The molecule has 8 nitrogen and oxygen atoms in total. The Hall–Kier alpha value is -1.97. The summed E-state index contributed by atoms with van der Waals surface area (Å²) in [7, 11) is -3.77. The molecule has 0 radical (unpaired) electrons. The third-order valence-corrected chi connectivity index (χ3v) is 8.93. The van der Waals surface area contributed by atoms with Gasteiger partial charge in [-0.05, 0) is 56.6 Å². The van der Waals surface area contributed by atoms with Crippen molar-refractivity contribution in [3.63, 3.8) is 0 Å². The van der Waals surface area contributed by atoms with Gasteiger partial charge in [0.1, 0.15) is 6.04 Å². The van der Waals surface area contributed by atoms with E-state index in [4.69, 9.17) is 4.74 Å². The summed E-state index contributed by atoms with van der Waals surface area (Å²) in [5, 5.41) is 0. The summed E-state index contributed by atoms with van der Waals surface area (Å²) >= 11 is 0. The summed E-state index contributed by atoms with van der Waals surface area (Å²) in [6.45, 7) is 4.23. The Labute approximate surface area is 190 Å². The van der Waals surface area contributed by atoms with Crippen molar-refractivity contribution in [2.24, 2.45) is 5.92 Å². The maximum Gasteiger partial charge on any atom is 0.324 e. The van der Waals surface area contributed by atoms with Gasteiger partial charge in [0.15, 0.2) is 0 Å². The molecular formula is C23H33N3O5S. The first-order valence-corrected chi connectivity index (χ1v) is 13.1. The van der Waals surface area contributed by atoms with E-state index < -0.39 is 22.2 Å². The van der Waals surface area contributed by atoms with Crippen molar-refractivity contribution >= 4 is 22.1 Å². The number of hydrogen-bond acceptors (Lipinski definition) is 5. The first-order chi connectivity index (χ1) is 15.4. The molecular weight excluding hydrogens is 430 g/mol. The number of carbonyl (C=O) groups is 2. The molecule has 1 amide bonds. The number of esters is 1. The van der Waals surface area contributed by atoms with Crippen LogP contribution in [0.2, 0.25) is 0 Å². The van der Waals surface area contributed by atoms with Crippen LogP contribution in [0.3, 0.4) is 0 Å². The van der Waals surface area contributed by atoms with Gasteiger partial charge in [0, 0.05) is 38.6 Å². The minimum absolute atomic E-state index is 0.124. The van der Waals surface area contributed by atoms with Crippen molar-refractivity contribution in [3.05, 3.63) is 35.4 Å². The predicted octanol–water partition coefficient (Wildman–Crippen LogP) is 1.95. The molecule has 0 aromatic heterocycles. The van der Waals surface area contributed by atoms with Crippen molar-refractivity contribution in [1.82, 2.24) is 13.5 Å². The van der Waals surface area contributed by atoms with E-state index in [-0.39, 0.29) is 18.4 Å². The highest BCUT2D eigenvalue weighted by Gasteiger charge is 2.42. The molecule has 4 rings (SSSR count). The lowest BCUT2D eigenvalue weighted by molar-refractivity contribution is -0.148. The summed E-state index contributed by atoms with van der Waals surface area (Å²) in [6, 6.07) is 7.47. The highest BCUT2D eigenvalue weighted by molar-refractivity contribution is 7.86. The fraction of sp³-hybridized carbons (Fsp3) is 0.652. The van der Waals surface area contributed by atoms with Crippen LogP contribution >= 0.6 is 0 Å². The van der Waals surface area contributed by atoms with Gasteiger partial charge in [-0.2, -0.15) is 17.0 Å². The van der Waals surface area contributed by atoms with E-state index in [1.165, 1.54) is 19.7 Å². The second-order valence-electron chi connectivity index (χ2n) is 8.83. The average Bonchev–Trinajstić information content (AvgIpc) is 2.83. The average molecular weight is 464 g/mol. The summed E-state index contributed by atoms with van der Waals surface area (Å²) in [5.41, 5.74) is 2.50. The second-order valence-corrected chi connectivity index (χ2v) is 10.7. The van der Waals surface area contributed by atoms with E-state index in [0.29, 0.717) is 52.0 Å². The zero-order chi connectivity index (χ0) is 22.7. The Balaban J connectivity index is 1.37. The fourth-order valence-corrected chi connectivity index (χ4v) is 6.92. The molecule has 3 aliphatic rings. The van der Waals surface area contributed by atoms with Gasteiger partial charge in [0.25, 0.3) is 10.2 Å². The van der Waals surface area contributed by atoms with E-state index in [0.717, 1.165) is 19.3 Å². The third-order valence-electron chi connectivity index (χ3n) is 6.88. The largest absolute Gasteiger partial charge is 0.465 e. The number of hydrogen-bond donors (Lipinski definition) is 0. The van der Waals surface area contributed by atoms with Crippen molar-refractivity contribution in [2.75, 3.05) is 32.8 Å². The number of benzene rings is 1. The molecule has 2 fully saturated rings. The van der Waals surface area contributed by atoms with Gasteiger partial charge in [-0.3, -0.25) is 9.59 Å². The molecule has 3 aliphatic heterocycles. The highest BCUT2D eigenvalue weighted by atomic mass is 32.2. The van der Waals surface area contributed by atoms with E-state index >= 15 is 0 Å². The lowest BCUT2D eigenvalue weighted by Gasteiger charge is -2.40. The molecule has 0 saturated carbocycles. The fourth-order valence-electron chi connectivity index (χ4n) is 5.08. The lowest BCUT2D eigenvalue weighted by atomic mass is 9.94. The van der Waals surface area contributed by atoms with Gasteiger partial charge < -0.3 is 9.64 Å². The quantitative estimate of drug-likeness (QED) is 0.623. The molecule has 0 aliphatic carbocycles. The summed E-state index contributed by atoms with van der Waals surface area (Å²) in [4.78, 5) is 27.4. The van der Waals surface area contributed by atoms with Crippen LogP contribution in [0, 0.1) is 5.92 Å². The van der Waals surface area contributed by atoms with Gasteiger partial charge in [0.05, 0.1) is 6.61 Å². The van der Waals surface area contributed by atoms with Crippen molar-refractivity contribution < 1.29 is 22.7 Å². The van der Waals surface area contributed by atoms with E-state index in [1.54, 1.807) is 6.92 Å². The molecule has 0 spiro atoms. The summed E-state index contributed by atoms with van der Waals surface area (Å²) in [5.74, 6) is -0.501. The van der Waals surface area contributed by atoms with Gasteiger partial charge in [-0.1, -0.05) is 24.3 Å². The van der Waals surface area contributed by atoms with Crippen LogP contribution in [0.15, 0.2) is 24.3 Å². The molecule has 1 atom stereocenters. The van der Waals surface area contributed by atoms with Crippen LogP contribution in [-0.2, 0) is 37.5 Å². The first kappa shape index (κ1) is 23.2. The molecule has 1 aromatic carbocycles. The Bertz CT molecular complexity index is 943. The Morgan fingerprint density at radius 1 is 1.00 bits per heavy atom. The molecule has 0 bridgehead atoms. The maximum absolute atomic E-state index is 13.3. The molecule has 2 saturated heterocycles. The van der Waals surface area contributed by atoms with Gasteiger partial charge in [-0.25, -0.2) is 0 Å². The second kappa shape index (κ2) is 9.89.